The molecule has 2 aliphatic heterocycles. The smallest absolute Gasteiger partial charge is 0.270 e. The van der Waals surface area contributed by atoms with E-state index in [1.807, 2.05) is 41.3 Å². The first kappa shape index (κ1) is 18.0. The molecule has 0 aliphatic carbocycles. The van der Waals surface area contributed by atoms with Crippen LogP contribution in [0.4, 0.5) is 5.82 Å². The lowest BCUT2D eigenvalue weighted by Crippen LogP contribution is -2.31. The SMILES string of the molecule is O=C(c1cc2ccccc2[nH]1)N1CCC(Oc2cc(N3CCCCC3)ncn2)C1. The number of nitrogens with one attached hydrogen (secondary N) is 1. The molecule has 0 radical (unpaired) electrons. The van der Waals surface area contributed by atoms with Gasteiger partial charge in [-0.25, -0.2) is 9.97 Å². The maximum absolute atomic E-state index is 12.9. The Labute approximate surface area is 169 Å². The van der Waals surface area contributed by atoms with Gasteiger partial charge in [0.2, 0.25) is 5.88 Å². The molecule has 0 spiro atoms. The third-order valence-electron chi connectivity index (χ3n) is 5.79. The number of benzene rings is 1. The molecule has 1 atom stereocenters. The number of piperidine rings is 1. The number of rotatable bonds is 4. The summed E-state index contributed by atoms with van der Waals surface area (Å²) in [7, 11) is 0. The summed E-state index contributed by atoms with van der Waals surface area (Å²) in [5.41, 5.74) is 1.61. The molecule has 1 unspecified atom stereocenters. The van der Waals surface area contributed by atoms with E-state index in [9.17, 15) is 4.79 Å². The quantitative estimate of drug-likeness (QED) is 0.739. The van der Waals surface area contributed by atoms with Gasteiger partial charge < -0.3 is 19.5 Å². The van der Waals surface area contributed by atoms with Gasteiger partial charge in [-0.3, -0.25) is 4.79 Å². The number of anilines is 1. The van der Waals surface area contributed by atoms with Crippen molar-refractivity contribution < 1.29 is 9.53 Å². The minimum atomic E-state index is -0.0487. The molecule has 0 bridgehead atoms. The lowest BCUT2D eigenvalue weighted by atomic mass is 10.1. The predicted octanol–water partition coefficient (Wildman–Crippen LogP) is 3.24. The zero-order valence-electron chi connectivity index (χ0n) is 16.4. The Morgan fingerprint density at radius 3 is 2.79 bits per heavy atom. The highest BCUT2D eigenvalue weighted by atomic mass is 16.5. The van der Waals surface area contributed by atoms with Crippen molar-refractivity contribution >= 4 is 22.6 Å². The van der Waals surface area contributed by atoms with Crippen LogP contribution in [-0.2, 0) is 0 Å². The van der Waals surface area contributed by atoms with Gasteiger partial charge in [-0.15, -0.1) is 0 Å². The Hall–Kier alpha value is -3.09. The minimum Gasteiger partial charge on any atom is -0.472 e. The van der Waals surface area contributed by atoms with Crippen molar-refractivity contribution in [3.8, 4) is 5.88 Å². The Balaban J connectivity index is 1.23. The molecule has 2 aliphatic rings. The van der Waals surface area contributed by atoms with E-state index >= 15 is 0 Å². The van der Waals surface area contributed by atoms with E-state index in [2.05, 4.69) is 19.9 Å². The predicted molar refractivity (Wildman–Crippen MR) is 111 cm³/mol. The van der Waals surface area contributed by atoms with E-state index < -0.39 is 0 Å². The highest BCUT2D eigenvalue weighted by Crippen LogP contribution is 2.24. The molecule has 2 saturated heterocycles. The van der Waals surface area contributed by atoms with Gasteiger partial charge in [0, 0.05) is 43.0 Å². The van der Waals surface area contributed by atoms with Crippen LogP contribution >= 0.6 is 0 Å². The number of ether oxygens (including phenoxy) is 1. The lowest BCUT2D eigenvalue weighted by molar-refractivity contribution is 0.0766. The first-order valence-corrected chi connectivity index (χ1v) is 10.4. The van der Waals surface area contributed by atoms with Crippen molar-refractivity contribution in [3.63, 3.8) is 0 Å². The number of carbonyl (C=O) groups is 1. The molecule has 2 fully saturated rings. The van der Waals surface area contributed by atoms with Gasteiger partial charge >= 0.3 is 0 Å². The maximum Gasteiger partial charge on any atom is 0.270 e. The number of aromatic nitrogens is 3. The van der Waals surface area contributed by atoms with E-state index in [1.165, 1.54) is 19.3 Å². The number of para-hydroxylation sites is 1. The summed E-state index contributed by atoms with van der Waals surface area (Å²) in [5, 5.41) is 1.05. The number of nitrogens with zero attached hydrogens (tertiary/aromatic N) is 4. The van der Waals surface area contributed by atoms with E-state index in [4.69, 9.17) is 4.74 Å². The van der Waals surface area contributed by atoms with Crippen LogP contribution in [0.15, 0.2) is 42.7 Å². The Kier molecular flexibility index (Phi) is 4.79. The van der Waals surface area contributed by atoms with E-state index in [1.54, 1.807) is 6.33 Å². The number of H-pyrrole nitrogens is 1. The van der Waals surface area contributed by atoms with Crippen molar-refractivity contribution in [2.24, 2.45) is 0 Å². The van der Waals surface area contributed by atoms with Crippen molar-refractivity contribution in [3.05, 3.63) is 48.4 Å². The Morgan fingerprint density at radius 1 is 1.07 bits per heavy atom. The summed E-state index contributed by atoms with van der Waals surface area (Å²) < 4.78 is 6.10. The second-order valence-electron chi connectivity index (χ2n) is 7.81. The largest absolute Gasteiger partial charge is 0.472 e. The van der Waals surface area contributed by atoms with Crippen molar-refractivity contribution in [2.45, 2.75) is 31.8 Å². The Morgan fingerprint density at radius 2 is 1.93 bits per heavy atom. The summed E-state index contributed by atoms with van der Waals surface area (Å²) in [6.45, 7) is 3.32. The van der Waals surface area contributed by atoms with Crippen LogP contribution in [0.3, 0.4) is 0 Å². The second kappa shape index (κ2) is 7.73. The Bertz CT molecular complexity index is 978. The minimum absolute atomic E-state index is 0.0176. The molecule has 2 aromatic heterocycles. The molecule has 150 valence electrons. The number of likely N-dealkylation sites (tertiary alicyclic amines) is 1. The van der Waals surface area contributed by atoms with E-state index in [0.717, 1.165) is 36.2 Å². The second-order valence-corrected chi connectivity index (χ2v) is 7.81. The topological polar surface area (TPSA) is 74.3 Å². The molecule has 3 aromatic rings. The summed E-state index contributed by atoms with van der Waals surface area (Å²) in [5.74, 6) is 1.54. The van der Waals surface area contributed by atoms with Gasteiger partial charge in [-0.2, -0.15) is 0 Å². The first-order valence-electron chi connectivity index (χ1n) is 10.4. The van der Waals surface area contributed by atoms with E-state index in [-0.39, 0.29) is 12.0 Å². The fraction of sp³-hybridized carbons (Fsp3) is 0.409. The average Bonchev–Trinajstić information content (AvgIpc) is 3.41. The lowest BCUT2D eigenvalue weighted by Gasteiger charge is -2.27. The fourth-order valence-electron chi connectivity index (χ4n) is 4.23. The number of amides is 1. The molecule has 4 heterocycles. The first-order chi connectivity index (χ1) is 14.3. The highest BCUT2D eigenvalue weighted by molar-refractivity contribution is 5.98. The molecular formula is C22H25N5O2. The summed E-state index contributed by atoms with van der Waals surface area (Å²) in [6.07, 6.45) is 6.01. The van der Waals surface area contributed by atoms with Crippen LogP contribution in [-0.4, -0.2) is 58.0 Å². The van der Waals surface area contributed by atoms with Gasteiger partial charge in [-0.05, 0) is 31.4 Å². The molecule has 1 aromatic carbocycles. The van der Waals surface area contributed by atoms with Gasteiger partial charge in [0.25, 0.3) is 5.91 Å². The van der Waals surface area contributed by atoms with Crippen molar-refractivity contribution in [1.82, 2.24) is 19.9 Å². The number of fused-ring (bicyclic) bond motifs is 1. The van der Waals surface area contributed by atoms with Gasteiger partial charge in [0.15, 0.2) is 0 Å². The van der Waals surface area contributed by atoms with E-state index in [0.29, 0.717) is 24.7 Å². The molecule has 7 nitrogen and oxygen atoms in total. The monoisotopic (exact) mass is 391 g/mol. The number of hydrogen-bond acceptors (Lipinski definition) is 5. The van der Waals surface area contributed by atoms with Gasteiger partial charge in [0.1, 0.15) is 23.9 Å². The van der Waals surface area contributed by atoms with Crippen LogP contribution in [0.5, 0.6) is 5.88 Å². The molecule has 1 N–H and O–H groups in total. The number of carbonyl (C=O) groups excluding carboxylic acids is 1. The van der Waals surface area contributed by atoms with Crippen LogP contribution < -0.4 is 9.64 Å². The summed E-state index contributed by atoms with van der Waals surface area (Å²) in [6, 6.07) is 11.8. The third kappa shape index (κ3) is 3.77. The standard InChI is InChI=1S/C22H25N5O2/c28-22(19-12-16-6-2-3-7-18(16)25-19)27-11-8-17(14-27)29-21-13-20(23-15-24-21)26-9-4-1-5-10-26/h2-3,6-7,12-13,15,17,25H,1,4-5,8-11,14H2. The maximum atomic E-state index is 12.9. The molecule has 0 saturated carbocycles. The summed E-state index contributed by atoms with van der Waals surface area (Å²) in [4.78, 5) is 28.9. The molecule has 7 heteroatoms. The number of hydrogen-bond donors (Lipinski definition) is 1. The van der Waals surface area contributed by atoms with Gasteiger partial charge in [0.05, 0.1) is 6.54 Å². The normalized spacial score (nSPS) is 19.7. The fourth-order valence-corrected chi connectivity index (χ4v) is 4.23. The van der Waals surface area contributed by atoms with Crippen molar-refractivity contribution in [1.29, 1.82) is 0 Å². The molecule has 5 rings (SSSR count). The third-order valence-corrected chi connectivity index (χ3v) is 5.79. The summed E-state index contributed by atoms with van der Waals surface area (Å²) >= 11 is 0. The molecule has 29 heavy (non-hydrogen) atoms. The van der Waals surface area contributed by atoms with Crippen molar-refractivity contribution in [2.75, 3.05) is 31.1 Å². The van der Waals surface area contributed by atoms with Crippen LogP contribution in [0.2, 0.25) is 0 Å². The van der Waals surface area contributed by atoms with Crippen LogP contribution in [0, 0.1) is 0 Å². The van der Waals surface area contributed by atoms with Crippen LogP contribution in [0.25, 0.3) is 10.9 Å². The van der Waals surface area contributed by atoms with Crippen LogP contribution in [0.1, 0.15) is 36.2 Å². The average molecular weight is 391 g/mol. The van der Waals surface area contributed by atoms with Gasteiger partial charge in [-0.1, -0.05) is 18.2 Å². The molecule has 1 amide bonds. The zero-order chi connectivity index (χ0) is 19.6. The highest BCUT2D eigenvalue weighted by Gasteiger charge is 2.29. The zero-order valence-corrected chi connectivity index (χ0v) is 16.4. The molecular weight excluding hydrogens is 366 g/mol. The number of aromatic amines is 1.